The lowest BCUT2D eigenvalue weighted by Crippen LogP contribution is -2.49. The van der Waals surface area contributed by atoms with E-state index in [0.29, 0.717) is 12.1 Å². The summed E-state index contributed by atoms with van der Waals surface area (Å²) in [5.41, 5.74) is 4.57. The van der Waals surface area contributed by atoms with Crippen LogP contribution in [-0.2, 0) is 6.42 Å². The highest BCUT2D eigenvalue weighted by Gasteiger charge is 2.30. The van der Waals surface area contributed by atoms with E-state index in [1.165, 1.54) is 31.5 Å². The van der Waals surface area contributed by atoms with Gasteiger partial charge in [-0.05, 0) is 37.8 Å². The predicted octanol–water partition coefficient (Wildman–Crippen LogP) is 2.28. The molecule has 1 heterocycles. The molecule has 1 saturated heterocycles. The van der Waals surface area contributed by atoms with Crippen molar-refractivity contribution in [3.8, 4) is 0 Å². The van der Waals surface area contributed by atoms with E-state index in [-0.39, 0.29) is 0 Å². The second-order valence-electron chi connectivity index (χ2n) is 5.61. The molecule has 1 fully saturated rings. The molecular formula is C15H22N2. The number of hydrogen-bond acceptors (Lipinski definition) is 2. The molecule has 0 bridgehead atoms. The van der Waals surface area contributed by atoms with Crippen molar-refractivity contribution < 1.29 is 0 Å². The van der Waals surface area contributed by atoms with Gasteiger partial charge in [-0.3, -0.25) is 4.90 Å². The highest BCUT2D eigenvalue weighted by atomic mass is 15.2. The van der Waals surface area contributed by atoms with Crippen LogP contribution in [0.25, 0.3) is 0 Å². The largest absolute Gasteiger partial charge is 0.312 e. The molecule has 0 aromatic heterocycles. The van der Waals surface area contributed by atoms with Crippen molar-refractivity contribution in [1.29, 1.82) is 0 Å². The first-order valence-electron chi connectivity index (χ1n) is 6.81. The van der Waals surface area contributed by atoms with Crippen molar-refractivity contribution in [2.45, 2.75) is 38.8 Å². The predicted molar refractivity (Wildman–Crippen MR) is 71.3 cm³/mol. The van der Waals surface area contributed by atoms with E-state index in [0.717, 1.165) is 6.54 Å². The molecule has 1 aliphatic heterocycles. The average Bonchev–Trinajstić information content (AvgIpc) is 2.71. The molecule has 0 saturated carbocycles. The van der Waals surface area contributed by atoms with Gasteiger partial charge in [0.25, 0.3) is 0 Å². The lowest BCUT2D eigenvalue weighted by atomic mass is 10.0. The fourth-order valence-electron chi connectivity index (χ4n) is 3.32. The van der Waals surface area contributed by atoms with Crippen LogP contribution in [0.1, 0.15) is 36.1 Å². The summed E-state index contributed by atoms with van der Waals surface area (Å²) in [6.45, 7) is 8.02. The number of nitrogens with zero attached hydrogens (tertiary/aromatic N) is 1. The van der Waals surface area contributed by atoms with E-state index in [4.69, 9.17) is 0 Å². The molecule has 0 spiro atoms. The molecule has 1 aliphatic carbocycles. The van der Waals surface area contributed by atoms with Gasteiger partial charge in [-0.2, -0.15) is 0 Å². The molecule has 2 aliphatic rings. The number of rotatable bonds is 1. The van der Waals surface area contributed by atoms with Crippen molar-refractivity contribution in [1.82, 2.24) is 10.2 Å². The number of benzene rings is 1. The molecule has 17 heavy (non-hydrogen) atoms. The number of hydrogen-bond donors (Lipinski definition) is 1. The summed E-state index contributed by atoms with van der Waals surface area (Å²) in [6, 6.07) is 8.30. The van der Waals surface area contributed by atoms with Crippen LogP contribution in [0.15, 0.2) is 18.2 Å². The van der Waals surface area contributed by atoms with Gasteiger partial charge in [0.05, 0.1) is 0 Å². The van der Waals surface area contributed by atoms with Crippen LogP contribution in [0, 0.1) is 6.92 Å². The molecule has 2 nitrogen and oxygen atoms in total. The minimum Gasteiger partial charge on any atom is -0.312 e. The van der Waals surface area contributed by atoms with Crippen LogP contribution in [0.4, 0.5) is 0 Å². The minimum atomic E-state index is 0.637. The first-order valence-corrected chi connectivity index (χ1v) is 6.81. The van der Waals surface area contributed by atoms with Gasteiger partial charge in [0.2, 0.25) is 0 Å². The second-order valence-corrected chi connectivity index (χ2v) is 5.61. The maximum absolute atomic E-state index is 3.53. The Hall–Kier alpha value is -0.860. The molecule has 2 heteroatoms. The highest BCUT2D eigenvalue weighted by Crippen LogP contribution is 2.36. The van der Waals surface area contributed by atoms with Gasteiger partial charge in [0, 0.05) is 31.7 Å². The Bertz CT molecular complexity index is 413. The summed E-state index contributed by atoms with van der Waals surface area (Å²) in [7, 11) is 0. The summed E-state index contributed by atoms with van der Waals surface area (Å²) in [5.74, 6) is 0. The second kappa shape index (κ2) is 4.43. The van der Waals surface area contributed by atoms with Crippen LogP contribution in [0.5, 0.6) is 0 Å². The smallest absolute Gasteiger partial charge is 0.0355 e. The van der Waals surface area contributed by atoms with Crippen LogP contribution in [-0.4, -0.2) is 30.6 Å². The minimum absolute atomic E-state index is 0.637. The van der Waals surface area contributed by atoms with Gasteiger partial charge in [-0.25, -0.2) is 0 Å². The van der Waals surface area contributed by atoms with Crippen LogP contribution in [0.3, 0.4) is 0 Å². The Morgan fingerprint density at radius 1 is 1.35 bits per heavy atom. The summed E-state index contributed by atoms with van der Waals surface area (Å²) in [5, 5.41) is 3.53. The van der Waals surface area contributed by atoms with Gasteiger partial charge >= 0.3 is 0 Å². The first kappa shape index (κ1) is 11.2. The van der Waals surface area contributed by atoms with Crippen molar-refractivity contribution in [3.05, 3.63) is 34.9 Å². The quantitative estimate of drug-likeness (QED) is 0.796. The number of nitrogens with one attached hydrogen (secondary N) is 1. The van der Waals surface area contributed by atoms with E-state index >= 15 is 0 Å². The highest BCUT2D eigenvalue weighted by molar-refractivity contribution is 5.37. The zero-order valence-electron chi connectivity index (χ0n) is 10.9. The molecule has 3 rings (SSSR count). The third kappa shape index (κ3) is 2.12. The molecule has 1 aromatic rings. The van der Waals surface area contributed by atoms with Gasteiger partial charge in [-0.1, -0.05) is 23.8 Å². The van der Waals surface area contributed by atoms with Gasteiger partial charge in [0.1, 0.15) is 0 Å². The van der Waals surface area contributed by atoms with Crippen LogP contribution >= 0.6 is 0 Å². The standard InChI is InChI=1S/C15H22N2/c1-11-3-4-13-5-6-15(14(13)9-11)17-8-7-16-12(2)10-17/h3-4,9,12,15-16H,5-8,10H2,1-2H3. The Balaban J connectivity index is 1.84. The van der Waals surface area contributed by atoms with E-state index in [1.54, 1.807) is 11.1 Å². The maximum atomic E-state index is 3.53. The monoisotopic (exact) mass is 230 g/mol. The van der Waals surface area contributed by atoms with E-state index in [2.05, 4.69) is 42.3 Å². The molecule has 2 atom stereocenters. The zero-order chi connectivity index (χ0) is 11.8. The Morgan fingerprint density at radius 3 is 3.06 bits per heavy atom. The first-order chi connectivity index (χ1) is 8.24. The topological polar surface area (TPSA) is 15.3 Å². The van der Waals surface area contributed by atoms with Crippen LogP contribution < -0.4 is 5.32 Å². The number of aryl methyl sites for hydroxylation is 2. The Kier molecular flexibility index (Phi) is 2.93. The maximum Gasteiger partial charge on any atom is 0.0355 e. The molecule has 1 aromatic carbocycles. The van der Waals surface area contributed by atoms with E-state index in [1.807, 2.05) is 0 Å². The van der Waals surface area contributed by atoms with E-state index in [9.17, 15) is 0 Å². The molecular weight excluding hydrogens is 208 g/mol. The fourth-order valence-corrected chi connectivity index (χ4v) is 3.32. The summed E-state index contributed by atoms with van der Waals surface area (Å²) < 4.78 is 0. The summed E-state index contributed by atoms with van der Waals surface area (Å²) >= 11 is 0. The SMILES string of the molecule is Cc1ccc2c(c1)C(N1CCNC(C)C1)CC2. The van der Waals surface area contributed by atoms with Crippen molar-refractivity contribution in [2.75, 3.05) is 19.6 Å². The normalized spacial score (nSPS) is 29.3. The molecule has 0 radical (unpaired) electrons. The van der Waals surface area contributed by atoms with Gasteiger partial charge in [-0.15, -0.1) is 0 Å². The molecule has 0 amide bonds. The fraction of sp³-hybridized carbons (Fsp3) is 0.600. The van der Waals surface area contributed by atoms with Crippen molar-refractivity contribution in [2.24, 2.45) is 0 Å². The average molecular weight is 230 g/mol. The lowest BCUT2D eigenvalue weighted by molar-refractivity contribution is 0.148. The number of fused-ring (bicyclic) bond motifs is 1. The van der Waals surface area contributed by atoms with Crippen molar-refractivity contribution >= 4 is 0 Å². The summed E-state index contributed by atoms with van der Waals surface area (Å²) in [6.07, 6.45) is 2.57. The lowest BCUT2D eigenvalue weighted by Gasteiger charge is -2.36. The molecule has 2 unspecified atom stereocenters. The Labute approximate surface area is 104 Å². The molecule has 1 N–H and O–H groups in total. The van der Waals surface area contributed by atoms with Crippen molar-refractivity contribution in [3.63, 3.8) is 0 Å². The summed E-state index contributed by atoms with van der Waals surface area (Å²) in [4.78, 5) is 2.67. The zero-order valence-corrected chi connectivity index (χ0v) is 10.9. The third-order valence-electron chi connectivity index (χ3n) is 4.19. The third-order valence-corrected chi connectivity index (χ3v) is 4.19. The van der Waals surface area contributed by atoms with Gasteiger partial charge in [0.15, 0.2) is 0 Å². The molecule has 92 valence electrons. The van der Waals surface area contributed by atoms with Crippen LogP contribution in [0.2, 0.25) is 0 Å². The number of piperazine rings is 1. The van der Waals surface area contributed by atoms with Gasteiger partial charge < -0.3 is 5.32 Å². The van der Waals surface area contributed by atoms with E-state index < -0.39 is 0 Å². The Morgan fingerprint density at radius 2 is 2.24 bits per heavy atom.